The van der Waals surface area contributed by atoms with Crippen molar-refractivity contribution in [3.8, 4) is 17.5 Å². The predicted molar refractivity (Wildman–Crippen MR) is 88.2 cm³/mol. The topological polar surface area (TPSA) is 91.8 Å². The van der Waals surface area contributed by atoms with Crippen molar-refractivity contribution in [2.24, 2.45) is 5.92 Å². The molecule has 1 heterocycles. The van der Waals surface area contributed by atoms with Crippen LogP contribution in [-0.2, 0) is 6.18 Å². The molecule has 142 valence electrons. The number of rotatable bonds is 3. The predicted octanol–water partition coefficient (Wildman–Crippen LogP) is 3.96. The third-order valence-corrected chi connectivity index (χ3v) is 4.64. The van der Waals surface area contributed by atoms with Gasteiger partial charge in [-0.1, -0.05) is 30.6 Å². The minimum Gasteiger partial charge on any atom is -0.334 e. The zero-order chi connectivity index (χ0) is 19.7. The van der Waals surface area contributed by atoms with Crippen molar-refractivity contribution in [1.29, 1.82) is 5.26 Å². The van der Waals surface area contributed by atoms with Gasteiger partial charge in [0, 0.05) is 11.1 Å². The average Bonchev–Trinajstić information content (AvgIpc) is 3.12. The maximum Gasteiger partial charge on any atom is 0.471 e. The van der Waals surface area contributed by atoms with E-state index in [0.29, 0.717) is 24.3 Å². The summed E-state index contributed by atoms with van der Waals surface area (Å²) in [5.74, 6) is -1.70. The van der Waals surface area contributed by atoms with Crippen molar-refractivity contribution in [2.45, 2.75) is 44.3 Å². The summed E-state index contributed by atoms with van der Waals surface area (Å²) in [6.45, 7) is 2.05. The number of nitrogens with one attached hydrogen (secondary N) is 1. The maximum atomic E-state index is 12.5. The number of hydrogen-bond acceptors (Lipinski definition) is 5. The molecule has 1 aromatic heterocycles. The fraction of sp³-hybridized carbons (Fsp3) is 0.444. The Labute approximate surface area is 153 Å². The van der Waals surface area contributed by atoms with Crippen LogP contribution in [0.4, 0.5) is 13.2 Å². The summed E-state index contributed by atoms with van der Waals surface area (Å²) in [7, 11) is 0. The molecule has 9 heteroatoms. The van der Waals surface area contributed by atoms with E-state index >= 15 is 0 Å². The first-order valence-corrected chi connectivity index (χ1v) is 8.47. The first-order chi connectivity index (χ1) is 12.7. The third-order valence-electron chi connectivity index (χ3n) is 4.64. The van der Waals surface area contributed by atoms with E-state index in [0.717, 1.165) is 12.8 Å². The van der Waals surface area contributed by atoms with E-state index in [1.54, 1.807) is 0 Å². The standard InChI is InChI=1S/C18H17F3N4O2/c1-11-3-2-8-17(9-11,10-22)24-15(26)13-6-4-12(5-7-13)14-23-16(27-25-14)18(19,20)21/h4-7,11H,2-3,8-9H2,1H3,(H,24,26). The Morgan fingerprint density at radius 1 is 1.37 bits per heavy atom. The number of nitrogens with zero attached hydrogens (tertiary/aromatic N) is 3. The second-order valence-electron chi connectivity index (χ2n) is 6.85. The summed E-state index contributed by atoms with van der Waals surface area (Å²) in [4.78, 5) is 15.8. The van der Waals surface area contributed by atoms with E-state index in [1.807, 2.05) is 6.92 Å². The van der Waals surface area contributed by atoms with Crippen LogP contribution in [-0.4, -0.2) is 21.6 Å². The Balaban J connectivity index is 1.74. The van der Waals surface area contributed by atoms with Crippen molar-refractivity contribution in [1.82, 2.24) is 15.5 Å². The van der Waals surface area contributed by atoms with Gasteiger partial charge in [-0.15, -0.1) is 0 Å². The van der Waals surface area contributed by atoms with E-state index in [2.05, 4.69) is 26.0 Å². The quantitative estimate of drug-likeness (QED) is 0.873. The van der Waals surface area contributed by atoms with Crippen molar-refractivity contribution in [2.75, 3.05) is 0 Å². The van der Waals surface area contributed by atoms with Gasteiger partial charge in [-0.05, 0) is 37.3 Å². The minimum atomic E-state index is -4.71. The van der Waals surface area contributed by atoms with Crippen LogP contribution >= 0.6 is 0 Å². The van der Waals surface area contributed by atoms with E-state index in [9.17, 15) is 23.2 Å². The number of benzene rings is 1. The van der Waals surface area contributed by atoms with Crippen molar-refractivity contribution in [3.63, 3.8) is 0 Å². The molecule has 2 unspecified atom stereocenters. The summed E-state index contributed by atoms with van der Waals surface area (Å²) in [5, 5.41) is 15.6. The Morgan fingerprint density at radius 3 is 2.63 bits per heavy atom. The molecule has 0 spiro atoms. The van der Waals surface area contributed by atoms with E-state index < -0.39 is 23.5 Å². The number of carbonyl (C=O) groups is 1. The lowest BCUT2D eigenvalue weighted by Crippen LogP contribution is -2.50. The summed E-state index contributed by atoms with van der Waals surface area (Å²) in [6, 6.07) is 8.00. The summed E-state index contributed by atoms with van der Waals surface area (Å²) in [5.41, 5.74) is -0.305. The van der Waals surface area contributed by atoms with Gasteiger partial charge in [0.1, 0.15) is 5.54 Å². The van der Waals surface area contributed by atoms with E-state index in [4.69, 9.17) is 0 Å². The molecule has 1 fully saturated rings. The first kappa shape index (κ1) is 18.9. The number of carbonyl (C=O) groups excluding carboxylic acids is 1. The fourth-order valence-electron chi connectivity index (χ4n) is 3.31. The molecule has 1 amide bonds. The molecule has 2 atom stereocenters. The molecule has 1 aliphatic rings. The molecular formula is C18H17F3N4O2. The molecule has 0 bridgehead atoms. The van der Waals surface area contributed by atoms with Crippen LogP contribution in [0.2, 0.25) is 0 Å². The Morgan fingerprint density at radius 2 is 2.07 bits per heavy atom. The third kappa shape index (κ3) is 4.10. The Kier molecular flexibility index (Phi) is 4.91. The zero-order valence-electron chi connectivity index (χ0n) is 14.5. The van der Waals surface area contributed by atoms with Crippen LogP contribution in [0.5, 0.6) is 0 Å². The second kappa shape index (κ2) is 7.02. The van der Waals surface area contributed by atoms with Crippen molar-refractivity contribution in [3.05, 3.63) is 35.7 Å². The molecule has 0 radical (unpaired) electrons. The van der Waals surface area contributed by atoms with Crippen molar-refractivity contribution >= 4 is 5.91 Å². The highest BCUT2D eigenvalue weighted by molar-refractivity contribution is 5.95. The monoisotopic (exact) mass is 378 g/mol. The summed E-state index contributed by atoms with van der Waals surface area (Å²) in [6.07, 6.45) is -1.63. The van der Waals surface area contributed by atoms with Gasteiger partial charge in [0.25, 0.3) is 5.91 Å². The van der Waals surface area contributed by atoms with Crippen LogP contribution in [0.1, 0.15) is 48.9 Å². The van der Waals surface area contributed by atoms with Gasteiger partial charge >= 0.3 is 12.1 Å². The molecule has 1 aliphatic carbocycles. The molecule has 0 aliphatic heterocycles. The smallest absolute Gasteiger partial charge is 0.334 e. The number of aromatic nitrogens is 2. The Hall–Kier alpha value is -2.89. The van der Waals surface area contributed by atoms with Gasteiger partial charge in [0.15, 0.2) is 0 Å². The minimum absolute atomic E-state index is 0.219. The van der Waals surface area contributed by atoms with E-state index in [1.165, 1.54) is 24.3 Å². The number of halogens is 3. The maximum absolute atomic E-state index is 12.5. The van der Waals surface area contributed by atoms with Gasteiger partial charge in [0.2, 0.25) is 5.82 Å². The van der Waals surface area contributed by atoms with Crippen LogP contribution < -0.4 is 5.32 Å². The van der Waals surface area contributed by atoms with Crippen LogP contribution in [0, 0.1) is 17.2 Å². The van der Waals surface area contributed by atoms with E-state index in [-0.39, 0.29) is 11.4 Å². The highest BCUT2D eigenvalue weighted by atomic mass is 19.4. The van der Waals surface area contributed by atoms with Crippen LogP contribution in [0.15, 0.2) is 28.8 Å². The molecular weight excluding hydrogens is 361 g/mol. The Bertz CT molecular complexity index is 870. The van der Waals surface area contributed by atoms with Gasteiger partial charge in [-0.25, -0.2) is 0 Å². The number of alkyl halides is 3. The van der Waals surface area contributed by atoms with Gasteiger partial charge in [-0.2, -0.15) is 23.4 Å². The highest BCUT2D eigenvalue weighted by Crippen LogP contribution is 2.32. The molecule has 1 N–H and O–H groups in total. The molecule has 1 aromatic carbocycles. The largest absolute Gasteiger partial charge is 0.471 e. The molecule has 27 heavy (non-hydrogen) atoms. The van der Waals surface area contributed by atoms with Gasteiger partial charge in [0.05, 0.1) is 6.07 Å². The van der Waals surface area contributed by atoms with Crippen molar-refractivity contribution < 1.29 is 22.5 Å². The number of hydrogen-bond donors (Lipinski definition) is 1. The fourth-order valence-corrected chi connectivity index (χ4v) is 3.31. The van der Waals surface area contributed by atoms with Gasteiger partial charge < -0.3 is 9.84 Å². The summed E-state index contributed by atoms with van der Waals surface area (Å²) >= 11 is 0. The average molecular weight is 378 g/mol. The highest BCUT2D eigenvalue weighted by Gasteiger charge is 2.39. The second-order valence-corrected chi connectivity index (χ2v) is 6.85. The number of nitriles is 1. The van der Waals surface area contributed by atoms with Crippen LogP contribution in [0.3, 0.4) is 0 Å². The number of amides is 1. The summed E-state index contributed by atoms with van der Waals surface area (Å²) < 4.78 is 41.8. The molecule has 0 saturated heterocycles. The molecule has 1 saturated carbocycles. The zero-order valence-corrected chi connectivity index (χ0v) is 14.5. The lowest BCUT2D eigenvalue weighted by molar-refractivity contribution is -0.159. The van der Waals surface area contributed by atoms with Crippen LogP contribution in [0.25, 0.3) is 11.4 Å². The lowest BCUT2D eigenvalue weighted by atomic mass is 9.77. The first-order valence-electron chi connectivity index (χ1n) is 8.47. The van der Waals surface area contributed by atoms with Gasteiger partial charge in [-0.3, -0.25) is 4.79 Å². The molecule has 2 aromatic rings. The lowest BCUT2D eigenvalue weighted by Gasteiger charge is -2.35. The SMILES string of the molecule is CC1CCCC(C#N)(NC(=O)c2ccc(-c3noc(C(F)(F)F)n3)cc2)C1. The molecule has 3 rings (SSSR count). The normalized spacial score (nSPS) is 22.9. The molecule has 6 nitrogen and oxygen atoms in total.